The Labute approximate surface area is 258 Å². The minimum atomic E-state index is -5.00. The number of nitrogens with one attached hydrogen (secondary N) is 1. The fourth-order valence-corrected chi connectivity index (χ4v) is 6.48. The number of carbonyl (C=O) groups excluding carboxylic acids is 3. The van der Waals surface area contributed by atoms with Gasteiger partial charge in [0.25, 0.3) is 5.91 Å². The molecule has 2 aromatic rings. The number of amides is 3. The van der Waals surface area contributed by atoms with Gasteiger partial charge < -0.3 is 19.7 Å². The van der Waals surface area contributed by atoms with Crippen LogP contribution < -0.4 is 5.32 Å². The van der Waals surface area contributed by atoms with Crippen molar-refractivity contribution in [3.8, 4) is 0 Å². The molecular weight excluding hydrogens is 591 g/mol. The average molecular weight is 633 g/mol. The second kappa shape index (κ2) is 13.7. The molecule has 0 aliphatic carbocycles. The molecule has 2 aromatic carbocycles. The number of halogens is 3. The first-order valence-corrected chi connectivity index (χ1v) is 16.7. The Morgan fingerprint density at radius 2 is 1.55 bits per heavy atom. The molecule has 1 radical (unpaired) electrons. The summed E-state index contributed by atoms with van der Waals surface area (Å²) in [6.45, 7) is 11.9. The van der Waals surface area contributed by atoms with Crippen LogP contribution in [0.15, 0.2) is 66.9 Å². The molecule has 3 rings (SSSR count). The van der Waals surface area contributed by atoms with Crippen molar-refractivity contribution in [2.24, 2.45) is 5.41 Å². The summed E-state index contributed by atoms with van der Waals surface area (Å²) in [5, 5.41) is 12.5. The van der Waals surface area contributed by atoms with Crippen molar-refractivity contribution >= 4 is 32.5 Å². The molecule has 0 saturated heterocycles. The molecule has 1 aliphatic heterocycles. The number of aliphatic hydroxyl groups excluding tert-OH is 1. The van der Waals surface area contributed by atoms with Crippen LogP contribution in [0.2, 0.25) is 13.1 Å². The zero-order valence-corrected chi connectivity index (χ0v) is 27.1. The molecule has 4 atom stereocenters. The molecular formula is C32H41F3N3O5Si. The van der Waals surface area contributed by atoms with E-state index >= 15 is 0 Å². The highest BCUT2D eigenvalue weighted by molar-refractivity contribution is 6.48. The summed E-state index contributed by atoms with van der Waals surface area (Å²) >= 11 is 0. The first kappa shape index (κ1) is 35.0. The smallest absolute Gasteiger partial charge is 0.409 e. The third-order valence-electron chi connectivity index (χ3n) is 7.85. The summed E-state index contributed by atoms with van der Waals surface area (Å²) in [4.78, 5) is 43.6. The van der Waals surface area contributed by atoms with E-state index in [1.807, 2.05) is 33.9 Å². The molecule has 8 nitrogen and oxygen atoms in total. The van der Waals surface area contributed by atoms with Crippen molar-refractivity contribution in [3.63, 3.8) is 0 Å². The van der Waals surface area contributed by atoms with Gasteiger partial charge in [0.1, 0.15) is 12.6 Å². The van der Waals surface area contributed by atoms with Crippen LogP contribution in [0.1, 0.15) is 45.7 Å². The Hall–Kier alpha value is -3.48. The number of alkyl halides is 3. The lowest BCUT2D eigenvalue weighted by Gasteiger charge is -2.53. The highest BCUT2D eigenvalue weighted by Gasteiger charge is 2.55. The zero-order valence-electron chi connectivity index (χ0n) is 26.1. The van der Waals surface area contributed by atoms with Crippen molar-refractivity contribution in [1.29, 1.82) is 0 Å². The van der Waals surface area contributed by atoms with Crippen LogP contribution in [0.25, 0.3) is 5.70 Å². The van der Waals surface area contributed by atoms with E-state index < -0.39 is 68.7 Å². The summed E-state index contributed by atoms with van der Waals surface area (Å²) in [5.74, 6) is -1.95. The van der Waals surface area contributed by atoms with Gasteiger partial charge in [0, 0.05) is 13.1 Å². The van der Waals surface area contributed by atoms with Crippen LogP contribution in [-0.2, 0) is 25.2 Å². The number of hydrogen-bond acceptors (Lipinski definition) is 5. The second-order valence-corrected chi connectivity index (χ2v) is 14.4. The predicted molar refractivity (Wildman–Crippen MR) is 163 cm³/mol. The molecule has 0 saturated carbocycles. The van der Waals surface area contributed by atoms with E-state index in [1.54, 1.807) is 67.6 Å². The third-order valence-corrected chi connectivity index (χ3v) is 8.69. The molecule has 12 heteroatoms. The van der Waals surface area contributed by atoms with Crippen molar-refractivity contribution in [2.45, 2.75) is 84.1 Å². The molecule has 1 aliphatic rings. The van der Waals surface area contributed by atoms with Gasteiger partial charge in [-0.25, -0.2) is 0 Å². The Morgan fingerprint density at radius 1 is 1.00 bits per heavy atom. The topological polar surface area (TPSA) is 99.2 Å². The first-order valence-electron chi connectivity index (χ1n) is 14.3. The third kappa shape index (κ3) is 7.96. The molecule has 4 unspecified atom stereocenters. The average Bonchev–Trinajstić information content (AvgIpc) is 2.92. The summed E-state index contributed by atoms with van der Waals surface area (Å²) in [6, 6.07) is 13.9. The summed E-state index contributed by atoms with van der Waals surface area (Å²) in [7, 11) is -1.41. The van der Waals surface area contributed by atoms with Crippen LogP contribution in [0.5, 0.6) is 0 Å². The monoisotopic (exact) mass is 632 g/mol. The van der Waals surface area contributed by atoms with Crippen LogP contribution >= 0.6 is 0 Å². The van der Waals surface area contributed by atoms with Crippen molar-refractivity contribution < 1.29 is 37.1 Å². The standard InChI is InChI=1S/C32H41F3N3O5Si/c1-21(39)37-19-25(23-16-12-9-13-17-23)38(29(42)27(37)31(5,30(2,3)4)43-44(6)7)20-26(40)36-24(28(41)32(33,34)35)18-22-14-10-8-11-15-22/h8-17,19,24,27-28,41H,18,20H2,1-7H3,(H,36,40). The van der Waals surface area contributed by atoms with Gasteiger partial charge in [-0.1, -0.05) is 81.4 Å². The summed E-state index contributed by atoms with van der Waals surface area (Å²) in [5.41, 5.74) is -0.644. The van der Waals surface area contributed by atoms with Gasteiger partial charge in [-0.2, -0.15) is 13.2 Å². The van der Waals surface area contributed by atoms with Crippen molar-refractivity contribution in [3.05, 3.63) is 78.0 Å². The first-order chi connectivity index (χ1) is 20.4. The van der Waals surface area contributed by atoms with Gasteiger partial charge in [-0.3, -0.25) is 19.3 Å². The SMILES string of the molecule is CC(=O)N1C=C(c2ccccc2)N(CC(=O)NC(Cc2ccccc2)C(O)C(F)(F)F)C(=O)C1C(C)(O[Si](C)C)C(C)(C)C. The fourth-order valence-electron chi connectivity index (χ4n) is 5.21. The van der Waals surface area contributed by atoms with Crippen molar-refractivity contribution in [2.75, 3.05) is 6.54 Å². The molecule has 239 valence electrons. The van der Waals surface area contributed by atoms with E-state index in [4.69, 9.17) is 4.43 Å². The lowest BCUT2D eigenvalue weighted by atomic mass is 9.71. The largest absolute Gasteiger partial charge is 0.416 e. The minimum Gasteiger partial charge on any atom is -0.409 e. The van der Waals surface area contributed by atoms with Gasteiger partial charge in [0.15, 0.2) is 6.10 Å². The molecule has 0 bridgehead atoms. The molecule has 0 spiro atoms. The maximum Gasteiger partial charge on any atom is 0.416 e. The Morgan fingerprint density at radius 3 is 2.02 bits per heavy atom. The van der Waals surface area contributed by atoms with Crippen LogP contribution in [0.3, 0.4) is 0 Å². The van der Waals surface area contributed by atoms with E-state index in [2.05, 4.69) is 5.32 Å². The Balaban J connectivity index is 2.09. The van der Waals surface area contributed by atoms with E-state index in [-0.39, 0.29) is 12.1 Å². The van der Waals surface area contributed by atoms with Crippen LogP contribution in [-0.4, -0.2) is 78.2 Å². The molecule has 3 amide bonds. The van der Waals surface area contributed by atoms with Crippen molar-refractivity contribution in [1.82, 2.24) is 15.1 Å². The zero-order chi connectivity index (χ0) is 33.0. The van der Waals surface area contributed by atoms with Crippen LogP contribution in [0.4, 0.5) is 13.2 Å². The van der Waals surface area contributed by atoms with Gasteiger partial charge in [-0.15, -0.1) is 0 Å². The number of nitrogens with zero attached hydrogens (tertiary/aromatic N) is 2. The summed E-state index contributed by atoms with van der Waals surface area (Å²) < 4.78 is 47.4. The number of aliphatic hydroxyl groups is 1. The number of hydrogen-bond donors (Lipinski definition) is 2. The fraction of sp³-hybridized carbons (Fsp3) is 0.469. The Bertz CT molecular complexity index is 1350. The van der Waals surface area contributed by atoms with Gasteiger partial charge in [0.05, 0.1) is 17.3 Å². The van der Waals surface area contributed by atoms with Gasteiger partial charge >= 0.3 is 6.18 Å². The van der Waals surface area contributed by atoms with Gasteiger partial charge in [0.2, 0.25) is 20.9 Å². The van der Waals surface area contributed by atoms with Gasteiger partial charge in [-0.05, 0) is 43.0 Å². The highest BCUT2D eigenvalue weighted by atomic mass is 28.3. The molecule has 2 N–H and O–H groups in total. The number of benzene rings is 2. The maximum atomic E-state index is 14.5. The van der Waals surface area contributed by atoms with E-state index in [9.17, 15) is 32.7 Å². The highest BCUT2D eigenvalue weighted by Crippen LogP contribution is 2.43. The predicted octanol–water partition coefficient (Wildman–Crippen LogP) is 4.77. The summed E-state index contributed by atoms with van der Waals surface area (Å²) in [6.07, 6.45) is -6.65. The maximum absolute atomic E-state index is 14.5. The molecule has 44 heavy (non-hydrogen) atoms. The minimum absolute atomic E-state index is 0.225. The van der Waals surface area contributed by atoms with E-state index in [0.717, 1.165) is 0 Å². The normalized spacial score (nSPS) is 18.9. The quantitative estimate of drug-likeness (QED) is 0.368. The lowest BCUT2D eigenvalue weighted by molar-refractivity contribution is -0.212. The van der Waals surface area contributed by atoms with E-state index in [0.29, 0.717) is 11.1 Å². The second-order valence-electron chi connectivity index (χ2n) is 12.4. The Kier molecular flexibility index (Phi) is 10.9. The molecule has 1 heterocycles. The van der Waals surface area contributed by atoms with E-state index in [1.165, 1.54) is 22.9 Å². The molecule has 0 aromatic heterocycles. The lowest BCUT2D eigenvalue weighted by Crippen LogP contribution is -2.68. The number of carbonyl (C=O) groups is 3. The molecule has 0 fully saturated rings. The number of rotatable bonds is 10. The van der Waals surface area contributed by atoms with Crippen LogP contribution in [0, 0.1) is 5.41 Å².